The van der Waals surface area contributed by atoms with Gasteiger partial charge in [-0.1, -0.05) is 0 Å². The van der Waals surface area contributed by atoms with Crippen LogP contribution in [0.5, 0.6) is 11.5 Å². The Morgan fingerprint density at radius 2 is 1.86 bits per heavy atom. The van der Waals surface area contributed by atoms with Crippen LogP contribution in [0, 0.1) is 5.82 Å². The maximum absolute atomic E-state index is 13.4. The molecular formula is C25H31FN6O3. The zero-order valence-electron chi connectivity index (χ0n) is 20.1. The molecule has 2 fully saturated rings. The normalized spacial score (nSPS) is 19.6. The summed E-state index contributed by atoms with van der Waals surface area (Å²) in [4.78, 5) is 4.65. The minimum Gasteiger partial charge on any atom is -0.497 e. The van der Waals surface area contributed by atoms with Crippen molar-refractivity contribution in [3.05, 3.63) is 59.7 Å². The van der Waals surface area contributed by atoms with Crippen molar-refractivity contribution >= 4 is 5.69 Å². The number of aromatic nitrogens is 4. The highest BCUT2D eigenvalue weighted by molar-refractivity contribution is 5.47. The number of anilines is 1. The molecule has 3 aromatic rings. The molecule has 186 valence electrons. The fourth-order valence-electron chi connectivity index (χ4n) is 4.95. The van der Waals surface area contributed by atoms with Crippen molar-refractivity contribution in [1.82, 2.24) is 25.1 Å². The number of halogens is 1. The van der Waals surface area contributed by atoms with E-state index in [1.54, 1.807) is 14.2 Å². The fourth-order valence-corrected chi connectivity index (χ4v) is 4.95. The quantitative estimate of drug-likeness (QED) is 0.485. The smallest absolute Gasteiger partial charge is 0.173 e. The molecule has 0 radical (unpaired) electrons. The zero-order chi connectivity index (χ0) is 24.2. The number of piperazine rings is 1. The number of rotatable bonds is 8. The second kappa shape index (κ2) is 10.6. The first kappa shape index (κ1) is 23.5. The molecule has 2 aliphatic rings. The summed E-state index contributed by atoms with van der Waals surface area (Å²) in [5.74, 6) is 1.99. The first-order chi connectivity index (χ1) is 17.2. The molecule has 1 aromatic heterocycles. The summed E-state index contributed by atoms with van der Waals surface area (Å²) in [5.41, 5.74) is 2.00. The van der Waals surface area contributed by atoms with E-state index in [2.05, 4.69) is 25.3 Å². The third-order valence-electron chi connectivity index (χ3n) is 6.81. The van der Waals surface area contributed by atoms with Gasteiger partial charge in [0.2, 0.25) is 0 Å². The monoisotopic (exact) mass is 482 g/mol. The highest BCUT2D eigenvalue weighted by atomic mass is 19.1. The van der Waals surface area contributed by atoms with Gasteiger partial charge in [0, 0.05) is 50.1 Å². The molecule has 0 N–H and O–H groups in total. The van der Waals surface area contributed by atoms with Gasteiger partial charge in [0.05, 0.1) is 26.9 Å². The molecule has 5 rings (SSSR count). The predicted molar refractivity (Wildman–Crippen MR) is 128 cm³/mol. The average molecular weight is 483 g/mol. The van der Waals surface area contributed by atoms with Crippen LogP contribution >= 0.6 is 0 Å². The van der Waals surface area contributed by atoms with Crippen molar-refractivity contribution < 1.29 is 18.6 Å². The van der Waals surface area contributed by atoms with Crippen molar-refractivity contribution in [2.45, 2.75) is 31.5 Å². The number of tetrazole rings is 1. The summed E-state index contributed by atoms with van der Waals surface area (Å²) in [6, 6.07) is 12.3. The average Bonchev–Trinajstić information content (AvgIpc) is 3.58. The van der Waals surface area contributed by atoms with Crippen molar-refractivity contribution in [2.75, 3.05) is 51.9 Å². The van der Waals surface area contributed by atoms with Gasteiger partial charge in [-0.05, 0) is 59.7 Å². The second-order valence-corrected chi connectivity index (χ2v) is 8.86. The van der Waals surface area contributed by atoms with Gasteiger partial charge in [0.15, 0.2) is 5.82 Å². The first-order valence-electron chi connectivity index (χ1n) is 12.0. The van der Waals surface area contributed by atoms with Crippen LogP contribution in [0.25, 0.3) is 0 Å². The van der Waals surface area contributed by atoms with Crippen LogP contribution in [0.1, 0.15) is 30.3 Å². The Labute approximate surface area is 204 Å². The highest BCUT2D eigenvalue weighted by Crippen LogP contribution is 2.37. The van der Waals surface area contributed by atoms with E-state index in [1.807, 2.05) is 35.0 Å². The van der Waals surface area contributed by atoms with E-state index in [4.69, 9.17) is 14.2 Å². The lowest BCUT2D eigenvalue weighted by Gasteiger charge is -2.40. The van der Waals surface area contributed by atoms with Gasteiger partial charge in [0.1, 0.15) is 23.4 Å². The van der Waals surface area contributed by atoms with Crippen LogP contribution < -0.4 is 14.4 Å². The van der Waals surface area contributed by atoms with Crippen LogP contribution in [0.3, 0.4) is 0 Å². The molecule has 0 amide bonds. The number of hydrogen-bond donors (Lipinski definition) is 0. The third-order valence-corrected chi connectivity index (χ3v) is 6.81. The zero-order valence-corrected chi connectivity index (χ0v) is 20.1. The number of hydrogen-bond acceptors (Lipinski definition) is 8. The molecule has 2 atom stereocenters. The fraction of sp³-hybridized carbons (Fsp3) is 0.480. The summed E-state index contributed by atoms with van der Waals surface area (Å²) in [7, 11) is 3.31. The molecule has 2 saturated heterocycles. The predicted octanol–water partition coefficient (Wildman–Crippen LogP) is 2.92. The summed E-state index contributed by atoms with van der Waals surface area (Å²) < 4.78 is 32.3. The molecule has 2 aliphatic heterocycles. The largest absolute Gasteiger partial charge is 0.497 e. The van der Waals surface area contributed by atoms with Gasteiger partial charge < -0.3 is 19.1 Å². The Hall–Kier alpha value is -3.24. The molecule has 0 saturated carbocycles. The van der Waals surface area contributed by atoms with E-state index in [0.29, 0.717) is 6.54 Å². The summed E-state index contributed by atoms with van der Waals surface area (Å²) >= 11 is 0. The molecule has 3 heterocycles. The summed E-state index contributed by atoms with van der Waals surface area (Å²) in [6.45, 7) is 4.56. The van der Waals surface area contributed by atoms with Crippen molar-refractivity contribution in [3.63, 3.8) is 0 Å². The van der Waals surface area contributed by atoms with Gasteiger partial charge in [-0.25, -0.2) is 9.07 Å². The van der Waals surface area contributed by atoms with Crippen LogP contribution in [0.2, 0.25) is 0 Å². The topological polar surface area (TPSA) is 77.8 Å². The molecule has 2 aromatic carbocycles. The molecule has 0 aliphatic carbocycles. The number of ether oxygens (including phenoxy) is 3. The molecular weight excluding hydrogens is 451 g/mol. The first-order valence-corrected chi connectivity index (χ1v) is 12.0. The molecule has 35 heavy (non-hydrogen) atoms. The van der Waals surface area contributed by atoms with Gasteiger partial charge in [-0.15, -0.1) is 5.10 Å². The maximum atomic E-state index is 13.4. The third kappa shape index (κ3) is 5.08. The van der Waals surface area contributed by atoms with Gasteiger partial charge in [-0.3, -0.25) is 4.90 Å². The van der Waals surface area contributed by atoms with Gasteiger partial charge in [-0.2, -0.15) is 0 Å². The maximum Gasteiger partial charge on any atom is 0.173 e. The van der Waals surface area contributed by atoms with Crippen LogP contribution in [-0.4, -0.2) is 78.2 Å². The van der Waals surface area contributed by atoms with Crippen LogP contribution in [0.4, 0.5) is 10.1 Å². The standard InChI is InChI=1S/C25H31FN6O3/c1-33-20-9-10-22(23(16-20)34-2)24(25-27-28-29-32(25)17-21-4-3-15-35-21)31-13-11-30(12-14-31)19-7-5-18(26)6-8-19/h5-10,16,21,24H,3-4,11-15,17H2,1-2H3/t21-,24+/m0/s1. The summed E-state index contributed by atoms with van der Waals surface area (Å²) in [5, 5.41) is 12.8. The number of nitrogens with zero attached hydrogens (tertiary/aromatic N) is 6. The SMILES string of the molecule is COc1ccc([C@H](c2nnnn2C[C@@H]2CCCO2)N2CCN(c3ccc(F)cc3)CC2)c(OC)c1. The van der Waals surface area contributed by atoms with Gasteiger partial charge >= 0.3 is 0 Å². The lowest BCUT2D eigenvalue weighted by atomic mass is 10.0. The Balaban J connectivity index is 1.45. The molecule has 9 nitrogen and oxygen atoms in total. The Morgan fingerprint density at radius 1 is 1.06 bits per heavy atom. The molecule has 0 unspecified atom stereocenters. The van der Waals surface area contributed by atoms with Crippen molar-refractivity contribution in [2.24, 2.45) is 0 Å². The van der Waals surface area contributed by atoms with Crippen LogP contribution in [0.15, 0.2) is 42.5 Å². The minimum atomic E-state index is -0.225. The summed E-state index contributed by atoms with van der Waals surface area (Å²) in [6.07, 6.45) is 2.18. The van der Waals surface area contributed by atoms with Crippen LogP contribution in [-0.2, 0) is 11.3 Å². The van der Waals surface area contributed by atoms with E-state index in [1.165, 1.54) is 12.1 Å². The van der Waals surface area contributed by atoms with Crippen molar-refractivity contribution in [1.29, 1.82) is 0 Å². The number of benzene rings is 2. The minimum absolute atomic E-state index is 0.117. The highest BCUT2D eigenvalue weighted by Gasteiger charge is 2.33. The molecule has 10 heteroatoms. The number of methoxy groups -OCH3 is 2. The van der Waals surface area contributed by atoms with E-state index < -0.39 is 0 Å². The lowest BCUT2D eigenvalue weighted by Crippen LogP contribution is -2.48. The van der Waals surface area contributed by atoms with E-state index in [0.717, 1.165) is 74.2 Å². The molecule has 0 spiro atoms. The Bertz CT molecular complexity index is 1110. The Morgan fingerprint density at radius 3 is 2.54 bits per heavy atom. The Kier molecular flexibility index (Phi) is 7.10. The lowest BCUT2D eigenvalue weighted by molar-refractivity contribution is 0.0906. The van der Waals surface area contributed by atoms with Crippen molar-refractivity contribution in [3.8, 4) is 11.5 Å². The van der Waals surface area contributed by atoms with E-state index in [-0.39, 0.29) is 18.0 Å². The molecule has 0 bridgehead atoms. The van der Waals surface area contributed by atoms with E-state index in [9.17, 15) is 4.39 Å². The second-order valence-electron chi connectivity index (χ2n) is 8.86. The van der Waals surface area contributed by atoms with E-state index >= 15 is 0 Å². The van der Waals surface area contributed by atoms with Gasteiger partial charge in [0.25, 0.3) is 0 Å².